The number of nitrogens with zero attached hydrogens (tertiary/aromatic N) is 3. The van der Waals surface area contributed by atoms with E-state index >= 15 is 0 Å². The highest BCUT2D eigenvalue weighted by Gasteiger charge is 2.57. The molecule has 2 amide bonds. The van der Waals surface area contributed by atoms with Crippen molar-refractivity contribution in [1.82, 2.24) is 9.80 Å². The van der Waals surface area contributed by atoms with Crippen LogP contribution in [0.25, 0.3) is 0 Å². The van der Waals surface area contributed by atoms with Gasteiger partial charge in [0.05, 0.1) is 0 Å². The second-order valence-corrected chi connectivity index (χ2v) is 6.31. The third-order valence-electron chi connectivity index (χ3n) is 5.31. The third kappa shape index (κ3) is 1.80. The van der Waals surface area contributed by atoms with Crippen molar-refractivity contribution < 1.29 is 4.79 Å². The Labute approximate surface area is 124 Å². The van der Waals surface area contributed by atoms with E-state index < -0.39 is 0 Å². The van der Waals surface area contributed by atoms with Crippen LogP contribution in [0.2, 0.25) is 0 Å². The van der Waals surface area contributed by atoms with Crippen molar-refractivity contribution in [2.45, 2.75) is 24.9 Å². The SMILES string of the molecule is NC1=NC(=O)N(Cc2ccccc2)C12CCN1CCC2C1. The Morgan fingerprint density at radius 1 is 1.29 bits per heavy atom. The highest BCUT2D eigenvalue weighted by molar-refractivity contribution is 6.06. The first kappa shape index (κ1) is 12.8. The summed E-state index contributed by atoms with van der Waals surface area (Å²) in [5.74, 6) is 0.958. The normalized spacial score (nSPS) is 34.6. The number of rotatable bonds is 2. The summed E-state index contributed by atoms with van der Waals surface area (Å²) in [6, 6.07) is 9.94. The van der Waals surface area contributed by atoms with Gasteiger partial charge in [0.2, 0.25) is 0 Å². The van der Waals surface area contributed by atoms with E-state index in [0.29, 0.717) is 18.3 Å². The summed E-state index contributed by atoms with van der Waals surface area (Å²) < 4.78 is 0. The van der Waals surface area contributed by atoms with Crippen LogP contribution in [0.4, 0.5) is 4.79 Å². The van der Waals surface area contributed by atoms with Gasteiger partial charge in [0, 0.05) is 25.6 Å². The molecule has 0 saturated carbocycles. The summed E-state index contributed by atoms with van der Waals surface area (Å²) in [7, 11) is 0. The minimum absolute atomic E-state index is 0.170. The van der Waals surface area contributed by atoms with Crippen molar-refractivity contribution in [2.75, 3.05) is 19.6 Å². The van der Waals surface area contributed by atoms with Gasteiger partial charge in [-0.3, -0.25) is 0 Å². The quantitative estimate of drug-likeness (QED) is 0.894. The number of nitrogens with two attached hydrogens (primary N) is 1. The molecule has 3 atom stereocenters. The monoisotopic (exact) mass is 284 g/mol. The Balaban J connectivity index is 1.69. The lowest BCUT2D eigenvalue weighted by Crippen LogP contribution is -2.62. The van der Waals surface area contributed by atoms with Crippen LogP contribution in [0.1, 0.15) is 18.4 Å². The van der Waals surface area contributed by atoms with Gasteiger partial charge in [-0.05, 0) is 24.9 Å². The third-order valence-corrected chi connectivity index (χ3v) is 5.31. The van der Waals surface area contributed by atoms with Crippen LogP contribution in [-0.4, -0.2) is 46.8 Å². The predicted octanol–water partition coefficient (Wildman–Crippen LogP) is 1.44. The van der Waals surface area contributed by atoms with Crippen LogP contribution in [-0.2, 0) is 6.54 Å². The van der Waals surface area contributed by atoms with Crippen LogP contribution in [0.3, 0.4) is 0 Å². The number of fused-ring (bicyclic) bond motifs is 3. The Bertz CT molecular complexity index is 600. The zero-order valence-electron chi connectivity index (χ0n) is 12.0. The van der Waals surface area contributed by atoms with Crippen molar-refractivity contribution in [3.63, 3.8) is 0 Å². The van der Waals surface area contributed by atoms with Crippen molar-refractivity contribution in [3.8, 4) is 0 Å². The van der Waals surface area contributed by atoms with E-state index in [1.54, 1.807) is 0 Å². The van der Waals surface area contributed by atoms with E-state index in [9.17, 15) is 4.79 Å². The van der Waals surface area contributed by atoms with E-state index in [0.717, 1.165) is 38.0 Å². The summed E-state index contributed by atoms with van der Waals surface area (Å²) in [6.45, 7) is 3.76. The molecular weight excluding hydrogens is 264 g/mol. The molecule has 1 aromatic carbocycles. The lowest BCUT2D eigenvalue weighted by Gasteiger charge is -2.45. The summed E-state index contributed by atoms with van der Waals surface area (Å²) in [5.41, 5.74) is 7.02. The summed E-state index contributed by atoms with van der Waals surface area (Å²) in [4.78, 5) is 20.9. The van der Waals surface area contributed by atoms with Crippen molar-refractivity contribution in [2.24, 2.45) is 16.6 Å². The lowest BCUT2D eigenvalue weighted by atomic mass is 9.77. The number of carbonyl (C=O) groups excluding carboxylic acids is 1. The largest absolute Gasteiger partial charge is 0.385 e. The molecule has 2 N–H and O–H groups in total. The Morgan fingerprint density at radius 2 is 2.10 bits per heavy atom. The number of urea groups is 1. The Hall–Kier alpha value is -1.88. The average molecular weight is 284 g/mol. The van der Waals surface area contributed by atoms with E-state index in [1.165, 1.54) is 0 Å². The number of amidine groups is 1. The number of benzene rings is 1. The molecule has 5 heteroatoms. The van der Waals surface area contributed by atoms with E-state index in [4.69, 9.17) is 5.73 Å². The number of carbonyl (C=O) groups is 1. The fourth-order valence-electron chi connectivity index (χ4n) is 4.19. The van der Waals surface area contributed by atoms with Gasteiger partial charge in [0.15, 0.2) is 0 Å². The van der Waals surface area contributed by atoms with Crippen LogP contribution in [0, 0.1) is 5.92 Å². The first-order chi connectivity index (χ1) is 10.2. The van der Waals surface area contributed by atoms with Gasteiger partial charge in [-0.1, -0.05) is 30.3 Å². The maximum absolute atomic E-state index is 12.4. The maximum Gasteiger partial charge on any atom is 0.346 e. The highest BCUT2D eigenvalue weighted by Crippen LogP contribution is 2.43. The smallest absolute Gasteiger partial charge is 0.346 e. The molecule has 2 saturated heterocycles. The van der Waals surface area contributed by atoms with Gasteiger partial charge in [0.1, 0.15) is 11.4 Å². The topological polar surface area (TPSA) is 61.9 Å². The van der Waals surface area contributed by atoms with E-state index in [2.05, 4.69) is 22.0 Å². The van der Waals surface area contributed by atoms with Crippen molar-refractivity contribution in [3.05, 3.63) is 35.9 Å². The van der Waals surface area contributed by atoms with Gasteiger partial charge in [-0.15, -0.1) is 0 Å². The van der Waals surface area contributed by atoms with Gasteiger partial charge >= 0.3 is 6.03 Å². The minimum Gasteiger partial charge on any atom is -0.385 e. The fraction of sp³-hybridized carbons (Fsp3) is 0.500. The molecule has 21 heavy (non-hydrogen) atoms. The van der Waals surface area contributed by atoms with E-state index in [-0.39, 0.29) is 11.6 Å². The summed E-state index contributed by atoms with van der Waals surface area (Å²) in [5, 5.41) is 0. The number of aliphatic imine (C=N–C) groups is 1. The number of amides is 2. The molecule has 1 aromatic rings. The molecule has 3 unspecified atom stereocenters. The molecular formula is C16H20N4O. The zero-order valence-corrected chi connectivity index (χ0v) is 12.0. The van der Waals surface area contributed by atoms with Crippen molar-refractivity contribution >= 4 is 11.9 Å². The predicted molar refractivity (Wildman–Crippen MR) is 80.9 cm³/mol. The molecule has 0 aliphatic carbocycles. The molecule has 0 radical (unpaired) electrons. The van der Waals surface area contributed by atoms with Gasteiger partial charge in [0.25, 0.3) is 0 Å². The first-order valence-corrected chi connectivity index (χ1v) is 7.63. The molecule has 5 nitrogen and oxygen atoms in total. The summed E-state index contributed by atoms with van der Waals surface area (Å²) >= 11 is 0. The van der Waals surface area contributed by atoms with Gasteiger partial charge in [-0.25, -0.2) is 4.79 Å². The minimum atomic E-state index is -0.347. The van der Waals surface area contributed by atoms with Crippen LogP contribution < -0.4 is 5.73 Å². The second kappa shape index (κ2) is 4.56. The first-order valence-electron chi connectivity index (χ1n) is 7.63. The lowest BCUT2D eigenvalue weighted by molar-refractivity contribution is 0.0863. The zero-order chi connectivity index (χ0) is 14.4. The molecule has 4 rings (SSSR count). The average Bonchev–Trinajstić information content (AvgIpc) is 2.99. The molecule has 1 spiro atoms. The molecule has 110 valence electrons. The second-order valence-electron chi connectivity index (χ2n) is 6.31. The van der Waals surface area contributed by atoms with Crippen LogP contribution in [0.5, 0.6) is 0 Å². The summed E-state index contributed by atoms with van der Waals surface area (Å²) in [6.07, 6.45) is 2.01. The molecule has 2 fully saturated rings. The van der Waals surface area contributed by atoms with Crippen LogP contribution >= 0.6 is 0 Å². The standard InChI is InChI=1S/C16H20N4O/c17-14-16(7-9-19-8-6-13(16)11-19)20(15(21)18-14)10-12-4-2-1-3-5-12/h1-5,13H,6-11H2,(H2,17,18,21). The maximum atomic E-state index is 12.4. The van der Waals surface area contributed by atoms with E-state index in [1.807, 2.05) is 23.1 Å². The Kier molecular flexibility index (Phi) is 2.79. The Morgan fingerprint density at radius 3 is 2.90 bits per heavy atom. The van der Waals surface area contributed by atoms with Crippen LogP contribution in [0.15, 0.2) is 35.3 Å². The highest BCUT2D eigenvalue weighted by atomic mass is 16.2. The molecule has 2 bridgehead atoms. The molecule has 3 heterocycles. The number of hydrogen-bond acceptors (Lipinski definition) is 3. The fourth-order valence-corrected chi connectivity index (χ4v) is 4.19. The number of hydrogen-bond donors (Lipinski definition) is 1. The molecule has 0 aromatic heterocycles. The van der Waals surface area contributed by atoms with Gasteiger partial charge in [-0.2, -0.15) is 4.99 Å². The molecule has 3 aliphatic rings. The van der Waals surface area contributed by atoms with Gasteiger partial charge < -0.3 is 15.5 Å². The number of piperidine rings is 1. The molecule has 3 aliphatic heterocycles. The van der Waals surface area contributed by atoms with Crippen molar-refractivity contribution in [1.29, 1.82) is 0 Å².